The van der Waals surface area contributed by atoms with E-state index in [0.29, 0.717) is 54.8 Å². The number of halogens is 2. The number of carbonyl (C=O) groups is 3. The molecule has 2 aliphatic heterocycles. The minimum atomic E-state index is -0.480. The minimum Gasteiger partial charge on any atom is -0.339 e. The summed E-state index contributed by atoms with van der Waals surface area (Å²) in [6.07, 6.45) is 4.54. The molecule has 3 fully saturated rings. The molecule has 1 unspecified atom stereocenters. The number of carbonyl (C=O) groups excluding carboxylic acids is 3. The zero-order valence-corrected chi connectivity index (χ0v) is 17.8. The molecule has 4 rings (SSSR count). The summed E-state index contributed by atoms with van der Waals surface area (Å²) in [5.41, 5.74) is 0.329. The van der Waals surface area contributed by atoms with Crippen LogP contribution >= 0.6 is 23.2 Å². The molecule has 1 aliphatic carbocycles. The molecular formula is C21H25Cl2N3O3. The standard InChI is InChI=1S/C21H25Cl2N3O3/c22-15-6-7-17(23)16(13-15)20(28)26-8-2-5-18(26)21(29)25-11-9-24(10-12-25)19(27)14-3-1-4-14/h6-7,13-14,18H,1-5,8-12H2. The van der Waals surface area contributed by atoms with Gasteiger partial charge in [0.15, 0.2) is 0 Å². The highest BCUT2D eigenvalue weighted by atomic mass is 35.5. The second-order valence-corrected chi connectivity index (χ2v) is 8.90. The van der Waals surface area contributed by atoms with Crippen molar-refractivity contribution in [3.8, 4) is 0 Å². The largest absolute Gasteiger partial charge is 0.339 e. The van der Waals surface area contributed by atoms with Gasteiger partial charge in [0, 0.05) is 43.7 Å². The monoisotopic (exact) mass is 437 g/mol. The summed E-state index contributed by atoms with van der Waals surface area (Å²) in [5.74, 6) is 0.121. The van der Waals surface area contributed by atoms with Crippen molar-refractivity contribution in [1.82, 2.24) is 14.7 Å². The minimum absolute atomic E-state index is 0.0373. The molecule has 0 N–H and O–H groups in total. The predicted octanol–water partition coefficient (Wildman–Crippen LogP) is 3.07. The number of amides is 3. The van der Waals surface area contributed by atoms with Crippen LogP contribution in [0.4, 0.5) is 0 Å². The van der Waals surface area contributed by atoms with Gasteiger partial charge in [-0.1, -0.05) is 29.6 Å². The van der Waals surface area contributed by atoms with Crippen LogP contribution in [0.3, 0.4) is 0 Å². The molecule has 1 saturated carbocycles. The van der Waals surface area contributed by atoms with Crippen molar-refractivity contribution in [2.24, 2.45) is 5.92 Å². The Morgan fingerprint density at radius 2 is 1.48 bits per heavy atom. The Morgan fingerprint density at radius 1 is 0.828 bits per heavy atom. The molecule has 0 radical (unpaired) electrons. The van der Waals surface area contributed by atoms with Crippen molar-refractivity contribution in [3.05, 3.63) is 33.8 Å². The number of benzene rings is 1. The smallest absolute Gasteiger partial charge is 0.256 e. The van der Waals surface area contributed by atoms with Crippen LogP contribution in [0.1, 0.15) is 42.5 Å². The summed E-state index contributed by atoms with van der Waals surface area (Å²) in [6, 6.07) is 4.31. The van der Waals surface area contributed by atoms with Gasteiger partial charge in [-0.05, 0) is 43.9 Å². The number of piperazine rings is 1. The second-order valence-electron chi connectivity index (χ2n) is 8.06. The summed E-state index contributed by atoms with van der Waals surface area (Å²) in [5, 5.41) is 0.771. The SMILES string of the molecule is O=C(C1CCC1)N1CCN(C(=O)C2CCCN2C(=O)c2cc(Cl)ccc2Cl)CC1. The zero-order chi connectivity index (χ0) is 20.5. The van der Waals surface area contributed by atoms with Gasteiger partial charge in [0.2, 0.25) is 11.8 Å². The molecule has 0 spiro atoms. The fraction of sp³-hybridized carbons (Fsp3) is 0.571. The lowest BCUT2D eigenvalue weighted by Crippen LogP contribution is -2.56. The molecule has 8 heteroatoms. The van der Waals surface area contributed by atoms with Crippen molar-refractivity contribution in [1.29, 1.82) is 0 Å². The highest BCUT2D eigenvalue weighted by Gasteiger charge is 2.39. The van der Waals surface area contributed by atoms with Gasteiger partial charge < -0.3 is 14.7 Å². The highest BCUT2D eigenvalue weighted by Crippen LogP contribution is 2.29. The number of hydrogen-bond donors (Lipinski definition) is 0. The number of likely N-dealkylation sites (tertiary alicyclic amines) is 1. The molecule has 0 bridgehead atoms. The predicted molar refractivity (Wildman–Crippen MR) is 111 cm³/mol. The van der Waals surface area contributed by atoms with Crippen molar-refractivity contribution in [2.75, 3.05) is 32.7 Å². The first-order valence-electron chi connectivity index (χ1n) is 10.3. The molecule has 156 valence electrons. The average Bonchev–Trinajstić information content (AvgIpc) is 3.17. The summed E-state index contributed by atoms with van der Waals surface area (Å²) < 4.78 is 0. The normalized spacial score (nSPS) is 22.6. The maximum absolute atomic E-state index is 13.1. The first kappa shape index (κ1) is 20.5. The first-order valence-corrected chi connectivity index (χ1v) is 11.0. The summed E-state index contributed by atoms with van der Waals surface area (Å²) in [4.78, 5) is 43.9. The van der Waals surface area contributed by atoms with Crippen LogP contribution in [0.15, 0.2) is 18.2 Å². The van der Waals surface area contributed by atoms with Gasteiger partial charge in [0.05, 0.1) is 10.6 Å². The average molecular weight is 438 g/mol. The molecule has 6 nitrogen and oxygen atoms in total. The maximum atomic E-state index is 13.1. The van der Waals surface area contributed by atoms with E-state index in [4.69, 9.17) is 23.2 Å². The molecule has 2 saturated heterocycles. The molecule has 1 aromatic rings. The van der Waals surface area contributed by atoms with E-state index >= 15 is 0 Å². The van der Waals surface area contributed by atoms with E-state index < -0.39 is 6.04 Å². The van der Waals surface area contributed by atoms with Gasteiger partial charge in [-0.2, -0.15) is 0 Å². The molecule has 1 aromatic carbocycles. The maximum Gasteiger partial charge on any atom is 0.256 e. The number of nitrogens with zero attached hydrogens (tertiary/aromatic N) is 3. The highest BCUT2D eigenvalue weighted by molar-refractivity contribution is 6.35. The third-order valence-corrected chi connectivity index (χ3v) is 6.88. The Balaban J connectivity index is 1.40. The van der Waals surface area contributed by atoms with Gasteiger partial charge in [-0.15, -0.1) is 0 Å². The van der Waals surface area contributed by atoms with Gasteiger partial charge in [0.1, 0.15) is 6.04 Å². The third kappa shape index (κ3) is 4.10. The van der Waals surface area contributed by atoms with Crippen molar-refractivity contribution < 1.29 is 14.4 Å². The van der Waals surface area contributed by atoms with E-state index in [2.05, 4.69) is 0 Å². The van der Waals surface area contributed by atoms with Crippen LogP contribution in [-0.4, -0.2) is 71.2 Å². The van der Waals surface area contributed by atoms with Crippen LogP contribution < -0.4 is 0 Å². The van der Waals surface area contributed by atoms with Crippen LogP contribution in [0.25, 0.3) is 0 Å². The summed E-state index contributed by atoms with van der Waals surface area (Å²) >= 11 is 12.2. The molecule has 0 aromatic heterocycles. The first-order chi connectivity index (χ1) is 14.0. The lowest BCUT2D eigenvalue weighted by Gasteiger charge is -2.39. The van der Waals surface area contributed by atoms with Crippen molar-refractivity contribution in [3.63, 3.8) is 0 Å². The van der Waals surface area contributed by atoms with Crippen LogP contribution in [0, 0.1) is 5.92 Å². The van der Waals surface area contributed by atoms with E-state index in [1.54, 1.807) is 28.0 Å². The lowest BCUT2D eigenvalue weighted by atomic mass is 9.84. The third-order valence-electron chi connectivity index (χ3n) is 6.31. The van der Waals surface area contributed by atoms with Gasteiger partial charge in [0.25, 0.3) is 5.91 Å². The Kier molecular flexibility index (Phi) is 6.02. The lowest BCUT2D eigenvalue weighted by molar-refractivity contribution is -0.145. The van der Waals surface area contributed by atoms with E-state index in [9.17, 15) is 14.4 Å². The topological polar surface area (TPSA) is 60.9 Å². The van der Waals surface area contributed by atoms with Crippen molar-refractivity contribution >= 4 is 40.9 Å². The molecule has 2 heterocycles. The van der Waals surface area contributed by atoms with Gasteiger partial charge in [-0.25, -0.2) is 0 Å². The zero-order valence-electron chi connectivity index (χ0n) is 16.3. The van der Waals surface area contributed by atoms with Crippen molar-refractivity contribution in [2.45, 2.75) is 38.1 Å². The molecule has 29 heavy (non-hydrogen) atoms. The quantitative estimate of drug-likeness (QED) is 0.729. The summed E-state index contributed by atoms with van der Waals surface area (Å²) in [7, 11) is 0. The number of rotatable bonds is 3. The fourth-order valence-electron chi connectivity index (χ4n) is 4.35. The Morgan fingerprint density at radius 3 is 2.10 bits per heavy atom. The van der Waals surface area contributed by atoms with Gasteiger partial charge in [-0.3, -0.25) is 14.4 Å². The summed E-state index contributed by atoms with van der Waals surface area (Å²) in [6.45, 7) is 2.71. The Hall–Kier alpha value is -1.79. The second kappa shape index (κ2) is 8.52. The molecule has 3 amide bonds. The molecule has 1 atom stereocenters. The molecular weight excluding hydrogens is 413 g/mol. The van der Waals surface area contributed by atoms with E-state index in [1.807, 2.05) is 4.90 Å². The van der Waals surface area contributed by atoms with Crippen LogP contribution in [0.5, 0.6) is 0 Å². The Bertz CT molecular complexity index is 819. The van der Waals surface area contributed by atoms with E-state index in [-0.39, 0.29) is 23.6 Å². The van der Waals surface area contributed by atoms with E-state index in [1.165, 1.54) is 0 Å². The Labute approximate surface area is 180 Å². The van der Waals surface area contributed by atoms with Crippen LogP contribution in [-0.2, 0) is 9.59 Å². The van der Waals surface area contributed by atoms with Gasteiger partial charge >= 0.3 is 0 Å². The fourth-order valence-corrected chi connectivity index (χ4v) is 4.72. The molecule has 3 aliphatic rings. The number of hydrogen-bond acceptors (Lipinski definition) is 3. The van der Waals surface area contributed by atoms with Crippen LogP contribution in [0.2, 0.25) is 10.0 Å². The van der Waals surface area contributed by atoms with E-state index in [0.717, 1.165) is 25.7 Å².